The number of hydrogen-bond donors (Lipinski definition) is 0. The Kier molecular flexibility index (Phi) is 6.05. The van der Waals surface area contributed by atoms with Gasteiger partial charge in [0.1, 0.15) is 0 Å². The molecule has 0 aromatic carbocycles. The maximum atomic E-state index is 2.18. The summed E-state index contributed by atoms with van der Waals surface area (Å²) in [5.74, 6) is 0. The predicted octanol–water partition coefficient (Wildman–Crippen LogP) is 4.12. The molecule has 0 nitrogen and oxygen atoms in total. The minimum Gasteiger partial charge on any atom is -0.0844 e. The van der Waals surface area contributed by atoms with Gasteiger partial charge in [-0.15, -0.1) is 0 Å². The minimum absolute atomic E-state index is 1.01. The molecule has 0 heterocycles. The lowest BCUT2D eigenvalue weighted by Crippen LogP contribution is -1.61. The minimum atomic E-state index is 1.01. The monoisotopic (exact) mass is 184 g/mol. The normalized spacial score (nSPS) is 26.3. The first-order valence-electron chi connectivity index (χ1n) is 4.97. The van der Waals surface area contributed by atoms with Crippen molar-refractivity contribution in [3.8, 4) is 0 Å². The summed E-state index contributed by atoms with van der Waals surface area (Å²) in [5.41, 5.74) is 0. The predicted molar refractivity (Wildman–Crippen MR) is 64.1 cm³/mol. The van der Waals surface area contributed by atoms with Gasteiger partial charge in [-0.2, -0.15) is 0 Å². The second kappa shape index (κ2) is 8.06. The van der Waals surface area contributed by atoms with Crippen molar-refractivity contribution in [3.63, 3.8) is 0 Å². The van der Waals surface area contributed by atoms with E-state index >= 15 is 0 Å². The van der Waals surface area contributed by atoms with Crippen LogP contribution in [0.4, 0.5) is 0 Å². The van der Waals surface area contributed by atoms with Gasteiger partial charge in [-0.3, -0.25) is 0 Å². The zero-order valence-corrected chi connectivity index (χ0v) is 8.34. The zero-order chi connectivity index (χ0) is 9.90. The van der Waals surface area contributed by atoms with Gasteiger partial charge in [0.25, 0.3) is 0 Å². The maximum absolute atomic E-state index is 2.18. The van der Waals surface area contributed by atoms with E-state index < -0.39 is 0 Å². The van der Waals surface area contributed by atoms with Crippen LogP contribution in [0.25, 0.3) is 0 Å². The van der Waals surface area contributed by atoms with Gasteiger partial charge < -0.3 is 0 Å². The Morgan fingerprint density at radius 3 is 1.14 bits per heavy atom. The molecule has 0 aromatic rings. The van der Waals surface area contributed by atoms with Crippen LogP contribution in [0.5, 0.6) is 0 Å². The van der Waals surface area contributed by atoms with Gasteiger partial charge in [0.15, 0.2) is 0 Å². The van der Waals surface area contributed by atoms with Gasteiger partial charge in [-0.1, -0.05) is 72.9 Å². The topological polar surface area (TPSA) is 0 Å². The van der Waals surface area contributed by atoms with E-state index in [1.807, 2.05) is 36.5 Å². The van der Waals surface area contributed by atoms with Crippen LogP contribution in [-0.4, -0.2) is 0 Å². The Hall–Kier alpha value is -1.56. The van der Waals surface area contributed by atoms with Crippen molar-refractivity contribution in [2.75, 3.05) is 0 Å². The van der Waals surface area contributed by atoms with Crippen molar-refractivity contribution in [2.45, 2.75) is 12.8 Å². The summed E-state index contributed by atoms with van der Waals surface area (Å²) in [4.78, 5) is 0. The molecule has 0 fully saturated rings. The molecular formula is C14H16. The van der Waals surface area contributed by atoms with Crippen LogP contribution in [-0.2, 0) is 0 Å². The molecule has 0 unspecified atom stereocenters. The summed E-state index contributed by atoms with van der Waals surface area (Å²) < 4.78 is 0. The quantitative estimate of drug-likeness (QED) is 0.497. The van der Waals surface area contributed by atoms with Gasteiger partial charge in [0.2, 0.25) is 0 Å². The van der Waals surface area contributed by atoms with Crippen molar-refractivity contribution in [1.29, 1.82) is 0 Å². The smallest absolute Gasteiger partial charge is 0.0166 e. The second-order valence-corrected chi connectivity index (χ2v) is 2.95. The van der Waals surface area contributed by atoms with Gasteiger partial charge in [-0.25, -0.2) is 0 Å². The molecule has 1 aliphatic carbocycles. The Balaban J connectivity index is 2.56. The first kappa shape index (κ1) is 10.5. The Labute approximate surface area is 86.3 Å². The summed E-state index contributed by atoms with van der Waals surface area (Å²) in [7, 11) is 0. The molecule has 0 saturated heterocycles. The maximum Gasteiger partial charge on any atom is -0.0166 e. The first-order valence-corrected chi connectivity index (χ1v) is 4.97. The van der Waals surface area contributed by atoms with E-state index in [0.29, 0.717) is 0 Å². The van der Waals surface area contributed by atoms with E-state index in [-0.39, 0.29) is 0 Å². The van der Waals surface area contributed by atoms with Crippen molar-refractivity contribution in [3.05, 3.63) is 72.9 Å². The standard InChI is InChI=1S/C14H16/c1-2-4-6-8-10-12-14-13-11-9-7-5-3-1/h1-10,13-14H,11-12H2/b2-1+,5-3-,6-4-,9-7?,10-8?,14-13+. The lowest BCUT2D eigenvalue weighted by molar-refractivity contribution is 1.31. The fourth-order valence-electron chi connectivity index (χ4n) is 1.05. The van der Waals surface area contributed by atoms with E-state index in [0.717, 1.165) is 12.8 Å². The summed E-state index contributed by atoms with van der Waals surface area (Å²) in [6, 6.07) is 0. The molecule has 0 aromatic heterocycles. The summed E-state index contributed by atoms with van der Waals surface area (Å²) in [5, 5.41) is 0. The third-order valence-corrected chi connectivity index (χ3v) is 1.76. The molecule has 0 radical (unpaired) electrons. The molecule has 0 bridgehead atoms. The van der Waals surface area contributed by atoms with Crippen LogP contribution in [0.2, 0.25) is 0 Å². The fourth-order valence-corrected chi connectivity index (χ4v) is 1.05. The molecule has 1 rings (SSSR count). The van der Waals surface area contributed by atoms with Crippen LogP contribution < -0.4 is 0 Å². The Morgan fingerprint density at radius 1 is 0.357 bits per heavy atom. The third kappa shape index (κ3) is 6.01. The summed E-state index contributed by atoms with van der Waals surface area (Å²) >= 11 is 0. The van der Waals surface area contributed by atoms with Crippen molar-refractivity contribution in [1.82, 2.24) is 0 Å². The van der Waals surface area contributed by atoms with Crippen molar-refractivity contribution in [2.24, 2.45) is 0 Å². The van der Waals surface area contributed by atoms with E-state index in [9.17, 15) is 0 Å². The zero-order valence-electron chi connectivity index (χ0n) is 8.34. The third-order valence-electron chi connectivity index (χ3n) is 1.76. The van der Waals surface area contributed by atoms with Crippen LogP contribution in [0.1, 0.15) is 12.8 Å². The highest BCUT2D eigenvalue weighted by Gasteiger charge is 1.72. The lowest BCUT2D eigenvalue weighted by atomic mass is 10.2. The Bertz CT molecular complexity index is 266. The van der Waals surface area contributed by atoms with Crippen LogP contribution >= 0.6 is 0 Å². The lowest BCUT2D eigenvalue weighted by Gasteiger charge is -1.83. The molecule has 0 atom stereocenters. The average Bonchev–Trinajstić information content (AvgIpc) is 2.22. The van der Waals surface area contributed by atoms with Crippen LogP contribution in [0.3, 0.4) is 0 Å². The summed E-state index contributed by atoms with van der Waals surface area (Å²) in [6.45, 7) is 0. The van der Waals surface area contributed by atoms with E-state index in [1.165, 1.54) is 0 Å². The van der Waals surface area contributed by atoms with Crippen LogP contribution in [0, 0.1) is 0 Å². The van der Waals surface area contributed by atoms with Gasteiger partial charge in [0, 0.05) is 0 Å². The highest BCUT2D eigenvalue weighted by Crippen LogP contribution is 1.93. The van der Waals surface area contributed by atoms with Gasteiger partial charge in [0.05, 0.1) is 0 Å². The highest BCUT2D eigenvalue weighted by molar-refractivity contribution is 5.18. The summed E-state index contributed by atoms with van der Waals surface area (Å²) in [6.07, 6.45) is 27.0. The Morgan fingerprint density at radius 2 is 0.714 bits per heavy atom. The number of rotatable bonds is 0. The van der Waals surface area contributed by atoms with Gasteiger partial charge >= 0.3 is 0 Å². The van der Waals surface area contributed by atoms with E-state index in [2.05, 4.69) is 36.5 Å². The van der Waals surface area contributed by atoms with Gasteiger partial charge in [-0.05, 0) is 12.8 Å². The SMILES string of the molecule is C1=CC/C=C/CC=C\C=C/C=C/C=C\1. The molecule has 0 aliphatic heterocycles. The molecule has 0 amide bonds. The first-order chi connectivity index (χ1) is 7.00. The molecule has 0 N–H and O–H groups in total. The van der Waals surface area contributed by atoms with Crippen LogP contribution in [0.15, 0.2) is 72.9 Å². The van der Waals surface area contributed by atoms with Crippen molar-refractivity contribution >= 4 is 0 Å². The van der Waals surface area contributed by atoms with E-state index in [1.54, 1.807) is 0 Å². The molecule has 1 aliphatic rings. The van der Waals surface area contributed by atoms with Crippen molar-refractivity contribution < 1.29 is 0 Å². The molecule has 0 heteroatoms. The number of hydrogen-bond acceptors (Lipinski definition) is 0. The fraction of sp³-hybridized carbons (Fsp3) is 0.143. The molecule has 14 heavy (non-hydrogen) atoms. The molecule has 0 saturated carbocycles. The highest BCUT2D eigenvalue weighted by atomic mass is 13.8. The second-order valence-electron chi connectivity index (χ2n) is 2.95. The number of allylic oxidation sites excluding steroid dienone is 12. The average molecular weight is 184 g/mol. The largest absolute Gasteiger partial charge is 0.0844 e. The molecule has 72 valence electrons. The molecular weight excluding hydrogens is 168 g/mol. The van der Waals surface area contributed by atoms with E-state index in [4.69, 9.17) is 0 Å². The molecule has 0 spiro atoms.